The zero-order valence-electron chi connectivity index (χ0n) is 15.6. The minimum absolute atomic E-state index is 0.156. The normalized spacial score (nSPS) is 14.5. The number of hydrogen-bond acceptors (Lipinski definition) is 4. The maximum absolute atomic E-state index is 12.4. The van der Waals surface area contributed by atoms with E-state index in [0.29, 0.717) is 16.5 Å². The number of anilines is 2. The second-order valence-electron chi connectivity index (χ2n) is 6.93. The molecule has 2 aromatic carbocycles. The number of nitrogens with one attached hydrogen (secondary N) is 1. The standard InChI is InChI=1S/C23H22N2O3/c26-22(13-8-17-16-28-21-7-3-2-6-20(21)23(17)27)24-18-9-11-19(12-10-18)25-14-4-1-5-15-25/h2-3,6-13,16H,1,4-5,14-15H2,(H,24,26)/b13-8+. The van der Waals surface area contributed by atoms with Crippen molar-refractivity contribution < 1.29 is 9.21 Å². The molecule has 0 atom stereocenters. The zero-order valence-corrected chi connectivity index (χ0v) is 15.6. The van der Waals surface area contributed by atoms with Gasteiger partial charge in [0.15, 0.2) is 5.43 Å². The van der Waals surface area contributed by atoms with Gasteiger partial charge in [-0.1, -0.05) is 12.1 Å². The van der Waals surface area contributed by atoms with Gasteiger partial charge >= 0.3 is 0 Å². The van der Waals surface area contributed by atoms with Gasteiger partial charge in [0.25, 0.3) is 0 Å². The topological polar surface area (TPSA) is 62.6 Å². The van der Waals surface area contributed by atoms with Crippen molar-refractivity contribution in [1.82, 2.24) is 0 Å². The second kappa shape index (κ2) is 8.13. The van der Waals surface area contributed by atoms with E-state index in [1.165, 1.54) is 43.4 Å². The Bertz CT molecular complexity index is 1060. The quantitative estimate of drug-likeness (QED) is 0.686. The fourth-order valence-electron chi connectivity index (χ4n) is 3.47. The van der Waals surface area contributed by atoms with Crippen molar-refractivity contribution in [2.24, 2.45) is 0 Å². The molecule has 0 saturated carbocycles. The number of benzene rings is 2. The molecule has 0 radical (unpaired) electrons. The number of carbonyl (C=O) groups excluding carboxylic acids is 1. The highest BCUT2D eigenvalue weighted by Gasteiger charge is 2.10. The molecular weight excluding hydrogens is 352 g/mol. The Kier molecular flexibility index (Phi) is 5.24. The molecule has 28 heavy (non-hydrogen) atoms. The van der Waals surface area contributed by atoms with E-state index in [1.807, 2.05) is 30.3 Å². The van der Waals surface area contributed by atoms with Gasteiger partial charge in [-0.3, -0.25) is 9.59 Å². The molecule has 4 rings (SSSR count). The molecule has 1 N–H and O–H groups in total. The Balaban J connectivity index is 1.43. The molecule has 1 amide bonds. The van der Waals surface area contributed by atoms with Crippen LogP contribution in [0.5, 0.6) is 0 Å². The Morgan fingerprint density at radius 2 is 1.75 bits per heavy atom. The third-order valence-corrected chi connectivity index (χ3v) is 4.98. The highest BCUT2D eigenvalue weighted by Crippen LogP contribution is 2.21. The van der Waals surface area contributed by atoms with Gasteiger partial charge in [0, 0.05) is 30.5 Å². The summed E-state index contributed by atoms with van der Waals surface area (Å²) in [5.41, 5.74) is 2.62. The molecule has 1 fully saturated rings. The summed E-state index contributed by atoms with van der Waals surface area (Å²) in [5.74, 6) is -0.293. The molecular formula is C23H22N2O3. The number of nitrogens with zero attached hydrogens (tertiary/aromatic N) is 1. The Hall–Kier alpha value is -3.34. The first-order chi connectivity index (χ1) is 13.7. The van der Waals surface area contributed by atoms with Crippen LogP contribution < -0.4 is 15.6 Å². The van der Waals surface area contributed by atoms with Crippen molar-refractivity contribution in [2.45, 2.75) is 19.3 Å². The first kappa shape index (κ1) is 18.0. The number of hydrogen-bond donors (Lipinski definition) is 1. The molecule has 3 aromatic rings. The number of fused-ring (bicyclic) bond motifs is 1. The lowest BCUT2D eigenvalue weighted by Crippen LogP contribution is -2.29. The van der Waals surface area contributed by atoms with E-state index in [0.717, 1.165) is 18.8 Å². The average molecular weight is 374 g/mol. The van der Waals surface area contributed by atoms with Gasteiger partial charge in [-0.25, -0.2) is 0 Å². The second-order valence-corrected chi connectivity index (χ2v) is 6.93. The predicted molar refractivity (Wildman–Crippen MR) is 113 cm³/mol. The van der Waals surface area contributed by atoms with Gasteiger partial charge in [0.2, 0.25) is 5.91 Å². The van der Waals surface area contributed by atoms with Crippen LogP contribution in [-0.2, 0) is 4.79 Å². The summed E-state index contributed by atoms with van der Waals surface area (Å²) in [7, 11) is 0. The summed E-state index contributed by atoms with van der Waals surface area (Å²) in [6, 6.07) is 14.9. The fourth-order valence-corrected chi connectivity index (χ4v) is 3.47. The molecule has 5 heteroatoms. The van der Waals surface area contributed by atoms with Gasteiger partial charge in [0.1, 0.15) is 11.8 Å². The third-order valence-electron chi connectivity index (χ3n) is 4.98. The SMILES string of the molecule is O=C(/C=C/c1coc2ccccc2c1=O)Nc1ccc(N2CCCCC2)cc1. The molecule has 0 aliphatic carbocycles. The third kappa shape index (κ3) is 3.98. The van der Waals surface area contributed by atoms with Crippen molar-refractivity contribution >= 4 is 34.3 Å². The number of carbonyl (C=O) groups is 1. The largest absolute Gasteiger partial charge is 0.463 e. The molecule has 1 aliphatic heterocycles. The average Bonchev–Trinajstić information content (AvgIpc) is 2.75. The first-order valence-electron chi connectivity index (χ1n) is 9.55. The molecule has 1 aliphatic rings. The van der Waals surface area contributed by atoms with Crippen molar-refractivity contribution in [3.8, 4) is 0 Å². The summed E-state index contributed by atoms with van der Waals surface area (Å²) >= 11 is 0. The van der Waals surface area contributed by atoms with Gasteiger partial charge < -0.3 is 14.6 Å². The lowest BCUT2D eigenvalue weighted by molar-refractivity contribution is -0.111. The highest BCUT2D eigenvalue weighted by atomic mass is 16.3. The fraction of sp³-hybridized carbons (Fsp3) is 0.217. The monoisotopic (exact) mass is 374 g/mol. The van der Waals surface area contributed by atoms with Crippen LogP contribution in [-0.4, -0.2) is 19.0 Å². The van der Waals surface area contributed by atoms with Crippen molar-refractivity contribution in [3.05, 3.63) is 76.7 Å². The van der Waals surface area contributed by atoms with Crippen LogP contribution in [0.25, 0.3) is 17.0 Å². The molecule has 5 nitrogen and oxygen atoms in total. The predicted octanol–water partition coefficient (Wildman–Crippen LogP) is 4.44. The van der Waals surface area contributed by atoms with Crippen LogP contribution in [0.2, 0.25) is 0 Å². The molecule has 2 heterocycles. The van der Waals surface area contributed by atoms with Gasteiger partial charge in [-0.2, -0.15) is 0 Å². The van der Waals surface area contributed by atoms with Crippen LogP contribution in [0.4, 0.5) is 11.4 Å². The zero-order chi connectivity index (χ0) is 19.3. The Morgan fingerprint density at radius 3 is 2.54 bits per heavy atom. The summed E-state index contributed by atoms with van der Waals surface area (Å²) in [5, 5.41) is 3.32. The van der Waals surface area contributed by atoms with Crippen molar-refractivity contribution in [1.29, 1.82) is 0 Å². The van der Waals surface area contributed by atoms with Gasteiger partial charge in [-0.15, -0.1) is 0 Å². The molecule has 0 spiro atoms. The minimum atomic E-state index is -0.293. The molecule has 1 aromatic heterocycles. The summed E-state index contributed by atoms with van der Waals surface area (Å²) in [6.07, 6.45) is 7.96. The smallest absolute Gasteiger partial charge is 0.248 e. The van der Waals surface area contributed by atoms with Crippen LogP contribution in [0.1, 0.15) is 24.8 Å². The van der Waals surface area contributed by atoms with E-state index in [4.69, 9.17) is 4.42 Å². The maximum Gasteiger partial charge on any atom is 0.248 e. The maximum atomic E-state index is 12.4. The van der Waals surface area contributed by atoms with Crippen LogP contribution in [0.15, 0.2) is 70.1 Å². The van der Waals surface area contributed by atoms with Gasteiger partial charge in [0.05, 0.1) is 10.9 Å². The van der Waals surface area contributed by atoms with Gasteiger partial charge in [-0.05, 0) is 61.7 Å². The number of rotatable bonds is 4. The lowest BCUT2D eigenvalue weighted by Gasteiger charge is -2.28. The van der Waals surface area contributed by atoms with E-state index in [-0.39, 0.29) is 11.3 Å². The molecule has 0 bridgehead atoms. The Labute approximate surface area is 163 Å². The van der Waals surface area contributed by atoms with Crippen molar-refractivity contribution in [2.75, 3.05) is 23.3 Å². The molecule has 142 valence electrons. The van der Waals surface area contributed by atoms with E-state index in [9.17, 15) is 9.59 Å². The van der Waals surface area contributed by atoms with Crippen LogP contribution in [0, 0.1) is 0 Å². The Morgan fingerprint density at radius 1 is 1.00 bits per heavy atom. The lowest BCUT2D eigenvalue weighted by atomic mass is 10.1. The van der Waals surface area contributed by atoms with E-state index in [2.05, 4.69) is 10.2 Å². The summed E-state index contributed by atoms with van der Waals surface area (Å²) in [6.45, 7) is 2.17. The number of amides is 1. The summed E-state index contributed by atoms with van der Waals surface area (Å²) < 4.78 is 5.46. The summed E-state index contributed by atoms with van der Waals surface area (Å²) in [4.78, 5) is 27.0. The van der Waals surface area contributed by atoms with Crippen LogP contribution in [0.3, 0.4) is 0 Å². The first-order valence-corrected chi connectivity index (χ1v) is 9.55. The minimum Gasteiger partial charge on any atom is -0.463 e. The molecule has 1 saturated heterocycles. The van der Waals surface area contributed by atoms with E-state index < -0.39 is 0 Å². The number of piperidine rings is 1. The van der Waals surface area contributed by atoms with Crippen molar-refractivity contribution in [3.63, 3.8) is 0 Å². The highest BCUT2D eigenvalue weighted by molar-refractivity contribution is 6.02. The van der Waals surface area contributed by atoms with E-state index >= 15 is 0 Å². The number of para-hydroxylation sites is 1. The molecule has 0 unspecified atom stereocenters. The van der Waals surface area contributed by atoms with E-state index in [1.54, 1.807) is 18.2 Å². The van der Waals surface area contributed by atoms with Crippen LogP contribution >= 0.6 is 0 Å².